The summed E-state index contributed by atoms with van der Waals surface area (Å²) in [5.74, 6) is -0.0818. The van der Waals surface area contributed by atoms with Crippen molar-refractivity contribution in [3.8, 4) is 6.07 Å². The highest BCUT2D eigenvalue weighted by molar-refractivity contribution is 5.22. The van der Waals surface area contributed by atoms with E-state index < -0.39 is 0 Å². The number of allylic oxidation sites excluding steroid dienone is 4. The van der Waals surface area contributed by atoms with Crippen LogP contribution in [0.5, 0.6) is 0 Å². The van der Waals surface area contributed by atoms with Crippen molar-refractivity contribution >= 4 is 0 Å². The first kappa shape index (κ1) is 7.01. The average Bonchev–Trinajstić information content (AvgIpc) is 1.95. The molecule has 1 aliphatic rings. The first-order valence-corrected chi connectivity index (χ1v) is 3.24. The minimum atomic E-state index is -0.0818. The molecule has 0 aromatic heterocycles. The summed E-state index contributed by atoms with van der Waals surface area (Å²) >= 11 is 0. The molecular formula is C8H8FN. The number of hydrogen-bond donors (Lipinski definition) is 0. The van der Waals surface area contributed by atoms with Crippen molar-refractivity contribution in [1.29, 1.82) is 5.26 Å². The van der Waals surface area contributed by atoms with Crippen LogP contribution in [-0.4, -0.2) is 0 Å². The Morgan fingerprint density at radius 1 is 1.50 bits per heavy atom. The van der Waals surface area contributed by atoms with E-state index in [9.17, 15) is 4.39 Å². The monoisotopic (exact) mass is 137 g/mol. The number of nitrogens with zero attached hydrogens (tertiary/aromatic N) is 1. The van der Waals surface area contributed by atoms with E-state index in [1.807, 2.05) is 6.07 Å². The molecule has 1 aliphatic carbocycles. The van der Waals surface area contributed by atoms with Gasteiger partial charge in [-0.1, -0.05) is 11.6 Å². The topological polar surface area (TPSA) is 23.8 Å². The summed E-state index contributed by atoms with van der Waals surface area (Å²) in [4.78, 5) is 0. The molecule has 0 bridgehead atoms. The summed E-state index contributed by atoms with van der Waals surface area (Å²) in [6.07, 6.45) is 4.74. The normalized spacial score (nSPS) is 17.2. The molecule has 2 heteroatoms. The molecule has 52 valence electrons. The van der Waals surface area contributed by atoms with E-state index in [1.54, 1.807) is 6.08 Å². The van der Waals surface area contributed by atoms with Gasteiger partial charge < -0.3 is 0 Å². The van der Waals surface area contributed by atoms with Gasteiger partial charge in [-0.3, -0.25) is 0 Å². The number of halogens is 1. The number of nitriles is 1. The second-order valence-corrected chi connectivity index (χ2v) is 2.27. The van der Waals surface area contributed by atoms with Gasteiger partial charge in [0.05, 0.1) is 12.5 Å². The molecule has 10 heavy (non-hydrogen) atoms. The van der Waals surface area contributed by atoms with Crippen molar-refractivity contribution in [3.05, 3.63) is 23.6 Å². The van der Waals surface area contributed by atoms with E-state index in [0.717, 1.165) is 5.57 Å². The lowest BCUT2D eigenvalue weighted by Crippen LogP contribution is -1.88. The summed E-state index contributed by atoms with van der Waals surface area (Å²) < 4.78 is 12.3. The Labute approximate surface area is 59.5 Å². The van der Waals surface area contributed by atoms with Crippen molar-refractivity contribution in [3.63, 3.8) is 0 Å². The Morgan fingerprint density at radius 2 is 2.30 bits per heavy atom. The predicted octanol–water partition coefficient (Wildman–Crippen LogP) is 2.47. The number of hydrogen-bond acceptors (Lipinski definition) is 1. The van der Waals surface area contributed by atoms with Gasteiger partial charge in [-0.15, -0.1) is 0 Å². The van der Waals surface area contributed by atoms with Crippen LogP contribution in [0.4, 0.5) is 4.39 Å². The Balaban J connectivity index is 2.57. The summed E-state index contributed by atoms with van der Waals surface area (Å²) in [6, 6.07) is 2.03. The maximum absolute atomic E-state index is 12.3. The lowest BCUT2D eigenvalue weighted by molar-refractivity contribution is 0.580. The van der Waals surface area contributed by atoms with E-state index in [4.69, 9.17) is 5.26 Å². The fraction of sp³-hybridized carbons (Fsp3) is 0.375. The second kappa shape index (κ2) is 3.17. The van der Waals surface area contributed by atoms with Crippen LogP contribution in [0.3, 0.4) is 0 Å². The predicted molar refractivity (Wildman–Crippen MR) is 36.7 cm³/mol. The van der Waals surface area contributed by atoms with Gasteiger partial charge in [-0.2, -0.15) is 5.26 Å². The van der Waals surface area contributed by atoms with Crippen LogP contribution in [0.1, 0.15) is 19.3 Å². The van der Waals surface area contributed by atoms with Gasteiger partial charge in [0.1, 0.15) is 5.83 Å². The van der Waals surface area contributed by atoms with Crippen molar-refractivity contribution in [2.24, 2.45) is 0 Å². The molecule has 0 atom stereocenters. The van der Waals surface area contributed by atoms with Gasteiger partial charge in [0, 0.05) is 6.42 Å². The fourth-order valence-electron chi connectivity index (χ4n) is 0.904. The van der Waals surface area contributed by atoms with Crippen molar-refractivity contribution in [2.45, 2.75) is 19.3 Å². The van der Waals surface area contributed by atoms with Crippen molar-refractivity contribution in [1.82, 2.24) is 0 Å². The smallest absolute Gasteiger partial charge is 0.100 e. The molecule has 0 saturated heterocycles. The maximum atomic E-state index is 12.3. The summed E-state index contributed by atoms with van der Waals surface area (Å²) in [6.45, 7) is 0. The van der Waals surface area contributed by atoms with Crippen LogP contribution in [0, 0.1) is 11.3 Å². The molecular weight excluding hydrogens is 129 g/mol. The minimum absolute atomic E-state index is 0.0818. The van der Waals surface area contributed by atoms with Gasteiger partial charge in [0.2, 0.25) is 0 Å². The molecule has 0 aliphatic heterocycles. The highest BCUT2D eigenvalue weighted by atomic mass is 19.1. The minimum Gasteiger partial charge on any atom is -0.212 e. The van der Waals surface area contributed by atoms with Crippen LogP contribution in [0.15, 0.2) is 23.6 Å². The zero-order valence-electron chi connectivity index (χ0n) is 5.60. The molecule has 0 amide bonds. The second-order valence-electron chi connectivity index (χ2n) is 2.27. The Morgan fingerprint density at radius 3 is 2.80 bits per heavy atom. The van der Waals surface area contributed by atoms with E-state index in [2.05, 4.69) is 0 Å². The van der Waals surface area contributed by atoms with Crippen molar-refractivity contribution < 1.29 is 4.39 Å². The zero-order valence-corrected chi connectivity index (χ0v) is 5.60. The van der Waals surface area contributed by atoms with Crippen LogP contribution in [0.25, 0.3) is 0 Å². The van der Waals surface area contributed by atoms with Gasteiger partial charge in [-0.05, 0) is 12.5 Å². The van der Waals surface area contributed by atoms with Crippen LogP contribution < -0.4 is 0 Å². The SMILES string of the molecule is N#CCC1=CC=C(F)CC1. The third-order valence-electron chi connectivity index (χ3n) is 1.49. The molecule has 0 N–H and O–H groups in total. The van der Waals surface area contributed by atoms with Crippen LogP contribution in [-0.2, 0) is 0 Å². The summed E-state index contributed by atoms with van der Waals surface area (Å²) in [7, 11) is 0. The van der Waals surface area contributed by atoms with E-state index >= 15 is 0 Å². The third-order valence-corrected chi connectivity index (χ3v) is 1.49. The molecule has 0 saturated carbocycles. The molecule has 0 spiro atoms. The third kappa shape index (κ3) is 1.70. The first-order valence-electron chi connectivity index (χ1n) is 3.24. The summed E-state index contributed by atoms with van der Waals surface area (Å²) in [5.41, 5.74) is 1.03. The van der Waals surface area contributed by atoms with E-state index in [1.165, 1.54) is 6.08 Å². The zero-order chi connectivity index (χ0) is 7.40. The fourth-order valence-corrected chi connectivity index (χ4v) is 0.904. The quantitative estimate of drug-likeness (QED) is 0.544. The molecule has 0 radical (unpaired) electrons. The highest BCUT2D eigenvalue weighted by Gasteiger charge is 2.03. The molecule has 0 aromatic rings. The standard InChI is InChI=1S/C8H8FN/c9-8-3-1-7(2-4-8)5-6-10/h1,3H,2,4-5H2. The van der Waals surface area contributed by atoms with Gasteiger partial charge in [0.25, 0.3) is 0 Å². The number of rotatable bonds is 1. The van der Waals surface area contributed by atoms with Crippen molar-refractivity contribution in [2.75, 3.05) is 0 Å². The van der Waals surface area contributed by atoms with Crippen LogP contribution in [0.2, 0.25) is 0 Å². The highest BCUT2D eigenvalue weighted by Crippen LogP contribution is 2.20. The Kier molecular flexibility index (Phi) is 2.22. The summed E-state index contributed by atoms with van der Waals surface area (Å²) in [5, 5.41) is 8.28. The lowest BCUT2D eigenvalue weighted by atomic mass is 10.0. The van der Waals surface area contributed by atoms with E-state index in [-0.39, 0.29) is 5.83 Å². The maximum Gasteiger partial charge on any atom is 0.100 e. The largest absolute Gasteiger partial charge is 0.212 e. The van der Waals surface area contributed by atoms with Gasteiger partial charge >= 0.3 is 0 Å². The van der Waals surface area contributed by atoms with Gasteiger partial charge in [-0.25, -0.2) is 4.39 Å². The van der Waals surface area contributed by atoms with Crippen LogP contribution >= 0.6 is 0 Å². The molecule has 0 unspecified atom stereocenters. The first-order chi connectivity index (χ1) is 4.83. The Bertz CT molecular complexity index is 220. The van der Waals surface area contributed by atoms with Gasteiger partial charge in [0.15, 0.2) is 0 Å². The average molecular weight is 137 g/mol. The lowest BCUT2D eigenvalue weighted by Gasteiger charge is -2.05. The molecule has 1 nitrogen and oxygen atoms in total. The molecule has 0 fully saturated rings. The molecule has 1 rings (SSSR count). The molecule has 0 heterocycles. The van der Waals surface area contributed by atoms with E-state index in [0.29, 0.717) is 19.3 Å². The Hall–Kier alpha value is -1.10. The molecule has 0 aromatic carbocycles.